The molecular formula is C14H14ClNO2S. The molecule has 0 aliphatic heterocycles. The first-order valence-corrected chi connectivity index (χ1v) is 7.01. The quantitative estimate of drug-likeness (QED) is 0.938. The first-order chi connectivity index (χ1) is 8.99. The van der Waals surface area contributed by atoms with E-state index in [9.17, 15) is 9.90 Å². The van der Waals surface area contributed by atoms with E-state index in [1.165, 1.54) is 17.7 Å². The van der Waals surface area contributed by atoms with Gasteiger partial charge >= 0.3 is 0 Å². The van der Waals surface area contributed by atoms with Crippen LogP contribution in [0.15, 0.2) is 29.6 Å². The number of halogens is 1. The van der Waals surface area contributed by atoms with Gasteiger partial charge in [0.1, 0.15) is 5.75 Å². The summed E-state index contributed by atoms with van der Waals surface area (Å²) in [5.41, 5.74) is 1.39. The van der Waals surface area contributed by atoms with Crippen LogP contribution in [-0.2, 0) is 6.54 Å². The molecule has 0 atom stereocenters. The zero-order valence-electron chi connectivity index (χ0n) is 10.7. The van der Waals surface area contributed by atoms with Crippen LogP contribution in [0.4, 0.5) is 0 Å². The Hall–Kier alpha value is -1.52. The number of benzene rings is 1. The van der Waals surface area contributed by atoms with Gasteiger partial charge in [-0.15, -0.1) is 11.3 Å². The zero-order valence-corrected chi connectivity index (χ0v) is 12.3. The summed E-state index contributed by atoms with van der Waals surface area (Å²) in [6.07, 6.45) is 0. The van der Waals surface area contributed by atoms with Crippen LogP contribution in [0.5, 0.6) is 5.75 Å². The first kappa shape index (κ1) is 13.9. The minimum absolute atomic E-state index is 0.0517. The van der Waals surface area contributed by atoms with Crippen molar-refractivity contribution in [2.75, 3.05) is 7.05 Å². The Morgan fingerprint density at radius 3 is 2.79 bits per heavy atom. The lowest BCUT2D eigenvalue weighted by Crippen LogP contribution is -2.26. The fraction of sp³-hybridized carbons (Fsp3) is 0.214. The van der Waals surface area contributed by atoms with Crippen molar-refractivity contribution < 1.29 is 9.90 Å². The number of phenols is 1. The summed E-state index contributed by atoms with van der Waals surface area (Å²) in [6.45, 7) is 2.54. The normalized spacial score (nSPS) is 10.5. The number of amides is 1. The van der Waals surface area contributed by atoms with Crippen molar-refractivity contribution in [1.82, 2.24) is 4.90 Å². The molecule has 1 N–H and O–H groups in total. The van der Waals surface area contributed by atoms with E-state index in [1.807, 2.05) is 18.4 Å². The number of rotatable bonds is 3. The average molecular weight is 296 g/mol. The molecule has 0 unspecified atom stereocenters. The number of nitrogens with zero attached hydrogens (tertiary/aromatic N) is 1. The fourth-order valence-electron chi connectivity index (χ4n) is 1.74. The van der Waals surface area contributed by atoms with Crippen molar-refractivity contribution in [3.63, 3.8) is 0 Å². The summed E-state index contributed by atoms with van der Waals surface area (Å²) in [5, 5.41) is 12.2. The third-order valence-corrected chi connectivity index (χ3v) is 4.13. The summed E-state index contributed by atoms with van der Waals surface area (Å²) in [4.78, 5) is 15.0. The van der Waals surface area contributed by atoms with Gasteiger partial charge in [-0.05, 0) is 42.1 Å². The number of aromatic hydroxyl groups is 1. The van der Waals surface area contributed by atoms with Crippen LogP contribution in [0.1, 0.15) is 20.8 Å². The Balaban J connectivity index is 2.19. The second-order valence-electron chi connectivity index (χ2n) is 4.35. The van der Waals surface area contributed by atoms with Crippen LogP contribution in [0.2, 0.25) is 5.02 Å². The Morgan fingerprint density at radius 1 is 1.42 bits per heavy atom. The maximum Gasteiger partial charge on any atom is 0.257 e. The summed E-state index contributed by atoms with van der Waals surface area (Å²) in [7, 11) is 1.71. The molecule has 1 heterocycles. The molecule has 1 aromatic carbocycles. The number of thiophene rings is 1. The van der Waals surface area contributed by atoms with Gasteiger partial charge in [-0.2, -0.15) is 0 Å². The highest BCUT2D eigenvalue weighted by Crippen LogP contribution is 2.24. The molecule has 0 fully saturated rings. The monoisotopic (exact) mass is 295 g/mol. The second kappa shape index (κ2) is 5.63. The smallest absolute Gasteiger partial charge is 0.257 e. The minimum atomic E-state index is -0.243. The van der Waals surface area contributed by atoms with E-state index in [0.29, 0.717) is 11.6 Å². The van der Waals surface area contributed by atoms with Gasteiger partial charge in [0.15, 0.2) is 0 Å². The van der Waals surface area contributed by atoms with E-state index in [1.54, 1.807) is 29.4 Å². The van der Waals surface area contributed by atoms with Gasteiger partial charge < -0.3 is 10.0 Å². The molecule has 0 radical (unpaired) electrons. The number of carbonyl (C=O) groups excluding carboxylic acids is 1. The predicted molar refractivity (Wildman–Crippen MR) is 78.0 cm³/mol. The lowest BCUT2D eigenvalue weighted by Gasteiger charge is -2.17. The SMILES string of the molecule is Cc1ccsc1CN(C)C(=O)c1cc(Cl)ccc1O. The van der Waals surface area contributed by atoms with Crippen molar-refractivity contribution in [2.45, 2.75) is 13.5 Å². The Labute approximate surface area is 121 Å². The van der Waals surface area contributed by atoms with Crippen molar-refractivity contribution in [1.29, 1.82) is 0 Å². The second-order valence-corrected chi connectivity index (χ2v) is 5.79. The number of carbonyl (C=O) groups is 1. The topological polar surface area (TPSA) is 40.5 Å². The predicted octanol–water partition coefficient (Wildman–Crippen LogP) is 3.69. The van der Waals surface area contributed by atoms with Crippen LogP contribution in [0.3, 0.4) is 0 Å². The fourth-order valence-corrected chi connectivity index (χ4v) is 2.87. The zero-order chi connectivity index (χ0) is 14.0. The van der Waals surface area contributed by atoms with E-state index in [0.717, 1.165) is 4.88 Å². The molecule has 3 nitrogen and oxygen atoms in total. The van der Waals surface area contributed by atoms with Gasteiger partial charge in [0.2, 0.25) is 0 Å². The summed E-state index contributed by atoms with van der Waals surface area (Å²) in [6, 6.07) is 6.49. The third kappa shape index (κ3) is 3.08. The van der Waals surface area contributed by atoms with Crippen LogP contribution >= 0.6 is 22.9 Å². The molecule has 2 aromatic rings. The molecule has 0 bridgehead atoms. The number of phenolic OH excluding ortho intramolecular Hbond substituents is 1. The van der Waals surface area contributed by atoms with Crippen LogP contribution < -0.4 is 0 Å². The molecule has 100 valence electrons. The summed E-state index contributed by atoms with van der Waals surface area (Å²) in [5.74, 6) is -0.294. The lowest BCUT2D eigenvalue weighted by atomic mass is 10.1. The van der Waals surface area contributed by atoms with Gasteiger partial charge in [-0.25, -0.2) is 0 Å². The van der Waals surface area contributed by atoms with E-state index >= 15 is 0 Å². The van der Waals surface area contributed by atoms with Gasteiger partial charge in [-0.1, -0.05) is 11.6 Å². The van der Waals surface area contributed by atoms with Crippen LogP contribution in [0, 0.1) is 6.92 Å². The number of aryl methyl sites for hydroxylation is 1. The molecule has 2 rings (SSSR count). The Bertz CT molecular complexity index is 609. The molecule has 19 heavy (non-hydrogen) atoms. The molecule has 1 aromatic heterocycles. The van der Waals surface area contributed by atoms with Gasteiger partial charge in [-0.3, -0.25) is 4.79 Å². The number of hydrogen-bond donors (Lipinski definition) is 1. The van der Waals surface area contributed by atoms with Crippen LogP contribution in [-0.4, -0.2) is 23.0 Å². The standard InChI is InChI=1S/C14H14ClNO2S/c1-9-5-6-19-13(9)8-16(2)14(18)11-7-10(15)3-4-12(11)17/h3-7,17H,8H2,1-2H3. The molecule has 5 heteroatoms. The maximum absolute atomic E-state index is 12.3. The molecule has 1 amide bonds. The third-order valence-electron chi connectivity index (χ3n) is 2.88. The van der Waals surface area contributed by atoms with Gasteiger partial charge in [0.25, 0.3) is 5.91 Å². The highest BCUT2D eigenvalue weighted by atomic mass is 35.5. The van der Waals surface area contributed by atoms with E-state index in [-0.39, 0.29) is 17.2 Å². The van der Waals surface area contributed by atoms with Crippen molar-refractivity contribution >= 4 is 28.8 Å². The molecule has 0 spiro atoms. The highest BCUT2D eigenvalue weighted by molar-refractivity contribution is 7.10. The van der Waals surface area contributed by atoms with Crippen LogP contribution in [0.25, 0.3) is 0 Å². The van der Waals surface area contributed by atoms with Gasteiger partial charge in [0, 0.05) is 16.9 Å². The molecule has 0 aliphatic carbocycles. The Morgan fingerprint density at radius 2 is 2.16 bits per heavy atom. The van der Waals surface area contributed by atoms with Crippen molar-refractivity contribution in [3.8, 4) is 5.75 Å². The molecule has 0 saturated heterocycles. The maximum atomic E-state index is 12.3. The van der Waals surface area contributed by atoms with Crippen molar-refractivity contribution in [3.05, 3.63) is 50.7 Å². The van der Waals surface area contributed by atoms with Crippen molar-refractivity contribution in [2.24, 2.45) is 0 Å². The number of hydrogen-bond acceptors (Lipinski definition) is 3. The largest absolute Gasteiger partial charge is 0.507 e. The molecular weight excluding hydrogens is 282 g/mol. The summed E-state index contributed by atoms with van der Waals surface area (Å²) >= 11 is 7.47. The lowest BCUT2D eigenvalue weighted by molar-refractivity contribution is 0.0783. The minimum Gasteiger partial charge on any atom is -0.507 e. The first-order valence-electron chi connectivity index (χ1n) is 5.76. The van der Waals surface area contributed by atoms with E-state index < -0.39 is 0 Å². The highest BCUT2D eigenvalue weighted by Gasteiger charge is 2.17. The molecule has 0 saturated carbocycles. The van der Waals surface area contributed by atoms with E-state index in [2.05, 4.69) is 0 Å². The summed E-state index contributed by atoms with van der Waals surface area (Å²) < 4.78 is 0. The molecule has 0 aliphatic rings. The average Bonchev–Trinajstić information content (AvgIpc) is 2.77. The Kier molecular flexibility index (Phi) is 4.12. The van der Waals surface area contributed by atoms with E-state index in [4.69, 9.17) is 11.6 Å². The van der Waals surface area contributed by atoms with Gasteiger partial charge in [0.05, 0.1) is 12.1 Å².